The molecule has 0 aliphatic rings. The van der Waals surface area contributed by atoms with Gasteiger partial charge in [0.25, 0.3) is 0 Å². The molecule has 8 heteroatoms. The van der Waals surface area contributed by atoms with Crippen LogP contribution >= 0.6 is 0 Å². The second kappa shape index (κ2) is 32.4. The van der Waals surface area contributed by atoms with Crippen LogP contribution in [0.5, 0.6) is 0 Å². The quantitative estimate of drug-likeness (QED) is 0.612. The molecule has 0 spiro atoms. The van der Waals surface area contributed by atoms with Crippen LogP contribution in [0.2, 0.25) is 0 Å². The molecule has 0 unspecified atom stereocenters. The fourth-order valence-corrected chi connectivity index (χ4v) is 0. The van der Waals surface area contributed by atoms with Gasteiger partial charge in [0.1, 0.15) is 0 Å². The zero-order valence-corrected chi connectivity index (χ0v) is 11.4. The fraction of sp³-hybridized carbons (Fsp3) is 0. The maximum absolute atomic E-state index is 8.56. The van der Waals surface area contributed by atoms with Gasteiger partial charge < -0.3 is 10.2 Å². The third kappa shape index (κ3) is 162. The Balaban J connectivity index is -0.00000000450. The molecule has 0 saturated heterocycles. The molecule has 2 N–H and O–H groups in total. The van der Waals surface area contributed by atoms with E-state index in [2.05, 4.69) is 0 Å². The van der Waals surface area contributed by atoms with Crippen LogP contribution in [0.25, 0.3) is 0 Å². The van der Waals surface area contributed by atoms with Crippen molar-refractivity contribution in [1.29, 1.82) is 0 Å². The molecule has 0 aliphatic carbocycles. The van der Waals surface area contributed by atoms with Gasteiger partial charge in [0, 0.05) is 88.0 Å². The first-order valence-electron chi connectivity index (χ1n) is 0.651. The molecule has 0 saturated carbocycles. The number of rotatable bonds is 0. The topological polar surface area (TPSA) is 57.5 Å². The molecule has 0 rings (SSSR count). The zero-order valence-electron chi connectivity index (χ0n) is 3.95. The molecular weight excluding hydrogens is 352 g/mol. The summed E-state index contributed by atoms with van der Waals surface area (Å²) in [6, 6.07) is 0. The van der Waals surface area contributed by atoms with Gasteiger partial charge in [-0.25, -0.2) is 4.79 Å². The van der Waals surface area contributed by atoms with E-state index in [1.807, 2.05) is 0 Å². The van der Waals surface area contributed by atoms with Gasteiger partial charge in [-0.15, -0.1) is 0 Å². The minimum Gasteiger partial charge on any atom is -0.450 e. The Kier molecular flexibility index (Phi) is 159. The molecule has 2 radical (unpaired) electrons. The minimum absolute atomic E-state index is 0. The summed E-state index contributed by atoms with van der Waals surface area (Å²) in [5.41, 5.74) is 0. The molecule has 0 atom stereocenters. The smallest absolute Gasteiger partial charge is 0.450 e. The largest absolute Gasteiger partial charge is 0.503 e. The van der Waals surface area contributed by atoms with Crippen molar-refractivity contribution >= 4 is 6.16 Å². The number of hydrogen-bond acceptors (Lipinski definition) is 1. The first kappa shape index (κ1) is 44.1. The molecule has 0 aromatic rings. The van der Waals surface area contributed by atoms with Crippen LogP contribution in [0.15, 0.2) is 0 Å². The Morgan fingerprint density at radius 1 is 1.22 bits per heavy atom. The predicted octanol–water partition coefficient (Wildman–Crippen LogP) is 0.210. The van der Waals surface area contributed by atoms with Crippen molar-refractivity contribution in [3.8, 4) is 0 Å². The summed E-state index contributed by atoms with van der Waals surface area (Å²) in [6.45, 7) is 0. The molecule has 0 aromatic carbocycles. The Bertz CT molecular complexity index is 46.8. The normalized spacial score (nSPS) is 2.67. The van der Waals surface area contributed by atoms with E-state index >= 15 is 0 Å². The molecule has 58 valence electrons. The minimum atomic E-state index is -1.83. The molecule has 9 heavy (non-hydrogen) atoms. The van der Waals surface area contributed by atoms with E-state index in [4.69, 9.17) is 15.0 Å². The number of carboxylic acid groups (broad SMARTS) is 2. The number of carbonyl (C=O) groups is 1. The SMILES string of the molecule is O=C(O)O.[Cr].[Cu].[Fe].[Mn].[Zn]. The third-order valence-electron chi connectivity index (χ3n) is 0. The second-order valence-electron chi connectivity index (χ2n) is 0.283. The maximum atomic E-state index is 8.56. The molecular formula is CH2CrCuFeMnO3Zn. The summed E-state index contributed by atoms with van der Waals surface area (Å²) in [7, 11) is 0. The van der Waals surface area contributed by atoms with E-state index in [9.17, 15) is 0 Å². The second-order valence-corrected chi connectivity index (χ2v) is 0.283. The Morgan fingerprint density at radius 3 is 1.22 bits per heavy atom. The van der Waals surface area contributed by atoms with Gasteiger partial charge in [0.05, 0.1) is 0 Å². The summed E-state index contributed by atoms with van der Waals surface area (Å²) in [5.74, 6) is 0. The van der Waals surface area contributed by atoms with Crippen LogP contribution in [-0.4, -0.2) is 16.4 Å². The van der Waals surface area contributed by atoms with Crippen molar-refractivity contribution in [2.24, 2.45) is 0 Å². The Labute approximate surface area is 108 Å². The van der Waals surface area contributed by atoms with E-state index < -0.39 is 6.16 Å². The van der Waals surface area contributed by atoms with Gasteiger partial charge in [-0.1, -0.05) is 0 Å². The van der Waals surface area contributed by atoms with E-state index in [1.54, 1.807) is 0 Å². The van der Waals surface area contributed by atoms with Gasteiger partial charge in [0.15, 0.2) is 0 Å². The summed E-state index contributed by atoms with van der Waals surface area (Å²) in [5, 5.41) is 13.9. The van der Waals surface area contributed by atoms with E-state index in [0.29, 0.717) is 0 Å². The van der Waals surface area contributed by atoms with Gasteiger partial charge in [-0.2, -0.15) is 0 Å². The summed E-state index contributed by atoms with van der Waals surface area (Å²) < 4.78 is 0. The summed E-state index contributed by atoms with van der Waals surface area (Å²) in [6.07, 6.45) is -1.83. The number of hydrogen-bond donors (Lipinski definition) is 2. The summed E-state index contributed by atoms with van der Waals surface area (Å²) >= 11 is 0. The van der Waals surface area contributed by atoms with Crippen molar-refractivity contribution in [2.75, 3.05) is 0 Å². The molecule has 0 heterocycles. The van der Waals surface area contributed by atoms with Crippen LogP contribution in [-0.2, 0) is 88.0 Å². The van der Waals surface area contributed by atoms with Crippen LogP contribution in [0, 0.1) is 0 Å². The fourth-order valence-electron chi connectivity index (χ4n) is 0. The molecule has 0 bridgehead atoms. The van der Waals surface area contributed by atoms with Crippen molar-refractivity contribution in [3.63, 3.8) is 0 Å². The standard InChI is InChI=1S/CH2O3.Cr.Cu.Fe.Mn.Zn/c2-1(3)4;;;;;/h(H2,2,3,4);;;;;. The molecule has 0 aliphatic heterocycles. The van der Waals surface area contributed by atoms with E-state index in [1.165, 1.54) is 0 Å². The maximum Gasteiger partial charge on any atom is 0.503 e. The van der Waals surface area contributed by atoms with E-state index in [0.717, 1.165) is 0 Å². The van der Waals surface area contributed by atoms with Crippen LogP contribution < -0.4 is 0 Å². The Hall–Kier alpha value is 1.98. The predicted molar refractivity (Wildman–Crippen MR) is 10.7 cm³/mol. The molecule has 0 aromatic heterocycles. The van der Waals surface area contributed by atoms with Crippen molar-refractivity contribution in [2.45, 2.75) is 0 Å². The van der Waals surface area contributed by atoms with Gasteiger partial charge >= 0.3 is 6.16 Å². The zero-order chi connectivity index (χ0) is 3.58. The molecule has 3 nitrogen and oxygen atoms in total. The third-order valence-corrected chi connectivity index (χ3v) is 0. The average Bonchev–Trinajstić information content (AvgIpc) is 0.811. The average molecular weight is 354 g/mol. The van der Waals surface area contributed by atoms with Gasteiger partial charge in [0.2, 0.25) is 0 Å². The summed E-state index contributed by atoms with van der Waals surface area (Å²) in [4.78, 5) is 8.56. The monoisotopic (exact) mass is 352 g/mol. The molecule has 0 amide bonds. The van der Waals surface area contributed by atoms with Gasteiger partial charge in [-0.3, -0.25) is 0 Å². The first-order chi connectivity index (χ1) is 1.73. The van der Waals surface area contributed by atoms with Crippen molar-refractivity contribution in [1.82, 2.24) is 0 Å². The van der Waals surface area contributed by atoms with Crippen molar-refractivity contribution in [3.05, 3.63) is 0 Å². The van der Waals surface area contributed by atoms with Crippen LogP contribution in [0.4, 0.5) is 4.79 Å². The van der Waals surface area contributed by atoms with Crippen LogP contribution in [0.1, 0.15) is 0 Å². The van der Waals surface area contributed by atoms with Crippen LogP contribution in [0.3, 0.4) is 0 Å². The van der Waals surface area contributed by atoms with Gasteiger partial charge in [-0.05, 0) is 0 Å². The first-order valence-corrected chi connectivity index (χ1v) is 0.651. The Morgan fingerprint density at radius 2 is 1.22 bits per heavy atom. The van der Waals surface area contributed by atoms with E-state index in [-0.39, 0.29) is 88.0 Å². The molecule has 0 fully saturated rings. The van der Waals surface area contributed by atoms with Crippen molar-refractivity contribution < 1.29 is 103 Å².